The molecule has 1 aromatic rings. The number of rotatable bonds is 5. The Kier molecular flexibility index (Phi) is 5.10. The van der Waals surface area contributed by atoms with Gasteiger partial charge >= 0.3 is 5.97 Å². The molecular weight excluding hydrogens is 342 g/mol. The minimum Gasteiger partial charge on any atom is -0.465 e. The number of benzene rings is 1. The molecule has 1 saturated carbocycles. The monoisotopic (exact) mass is 368 g/mol. The Balaban J connectivity index is 1.52. The lowest BCUT2D eigenvalue weighted by atomic mass is 9.90. The molecule has 0 spiro atoms. The summed E-state index contributed by atoms with van der Waals surface area (Å²) in [5, 5.41) is 0. The van der Waals surface area contributed by atoms with Crippen LogP contribution in [0.3, 0.4) is 0 Å². The summed E-state index contributed by atoms with van der Waals surface area (Å²) in [5.74, 6) is -2.11. The van der Waals surface area contributed by atoms with Crippen molar-refractivity contribution in [2.45, 2.75) is 46.3 Å². The maximum atomic E-state index is 13.8. The van der Waals surface area contributed by atoms with Gasteiger partial charge in [-0.25, -0.2) is 8.78 Å². The molecule has 0 aromatic heterocycles. The molecule has 1 aliphatic heterocycles. The van der Waals surface area contributed by atoms with Crippen LogP contribution in [-0.2, 0) is 19.0 Å². The van der Waals surface area contributed by atoms with E-state index in [0.29, 0.717) is 19.6 Å². The second kappa shape index (κ2) is 6.89. The van der Waals surface area contributed by atoms with Gasteiger partial charge in [-0.15, -0.1) is 0 Å². The normalized spacial score (nSPS) is 25.8. The van der Waals surface area contributed by atoms with E-state index in [1.54, 1.807) is 0 Å². The first-order chi connectivity index (χ1) is 12.1. The Bertz CT molecular complexity index is 676. The lowest BCUT2D eigenvalue weighted by molar-refractivity contribution is -0.269. The van der Waals surface area contributed by atoms with Gasteiger partial charge in [0.05, 0.1) is 19.1 Å². The molecule has 0 N–H and O–H groups in total. The van der Waals surface area contributed by atoms with Crippen LogP contribution in [0.25, 0.3) is 0 Å². The maximum absolute atomic E-state index is 13.8. The fraction of sp³-hybridized carbons (Fsp3) is 0.650. The third kappa shape index (κ3) is 4.23. The van der Waals surface area contributed by atoms with Crippen LogP contribution < -0.4 is 0 Å². The third-order valence-electron chi connectivity index (χ3n) is 4.93. The van der Waals surface area contributed by atoms with E-state index in [2.05, 4.69) is 13.8 Å². The Labute approximate surface area is 152 Å². The number of ether oxygens (including phenoxy) is 3. The maximum Gasteiger partial charge on any atom is 0.309 e. The molecule has 1 heterocycles. The predicted octanol–water partition coefficient (Wildman–Crippen LogP) is 4.04. The second-order valence-electron chi connectivity index (χ2n) is 8.83. The molecule has 1 aromatic carbocycles. The van der Waals surface area contributed by atoms with Crippen LogP contribution >= 0.6 is 0 Å². The zero-order valence-corrected chi connectivity index (χ0v) is 15.7. The number of hydrogen-bond acceptors (Lipinski definition) is 4. The second-order valence-corrected chi connectivity index (χ2v) is 8.83. The highest BCUT2D eigenvalue weighted by atomic mass is 19.1. The van der Waals surface area contributed by atoms with Crippen molar-refractivity contribution >= 4 is 5.97 Å². The fourth-order valence-corrected chi connectivity index (χ4v) is 3.17. The summed E-state index contributed by atoms with van der Waals surface area (Å²) in [4.78, 5) is 12.3. The summed E-state index contributed by atoms with van der Waals surface area (Å²) in [6.45, 7) is 9.27. The van der Waals surface area contributed by atoms with Crippen molar-refractivity contribution in [2.75, 3.05) is 19.8 Å². The number of esters is 1. The van der Waals surface area contributed by atoms with E-state index in [0.717, 1.165) is 18.2 Å². The highest BCUT2D eigenvalue weighted by Gasteiger charge is 2.47. The quantitative estimate of drug-likeness (QED) is 0.736. The molecule has 0 bridgehead atoms. The van der Waals surface area contributed by atoms with E-state index in [4.69, 9.17) is 14.2 Å². The van der Waals surface area contributed by atoms with Gasteiger partial charge in [-0.1, -0.05) is 27.7 Å². The van der Waals surface area contributed by atoms with Crippen molar-refractivity contribution in [2.24, 2.45) is 16.7 Å². The Morgan fingerprint density at radius 2 is 1.92 bits per heavy atom. The van der Waals surface area contributed by atoms with Crippen molar-refractivity contribution in [1.82, 2.24) is 0 Å². The van der Waals surface area contributed by atoms with Gasteiger partial charge in [0.15, 0.2) is 6.29 Å². The van der Waals surface area contributed by atoms with Gasteiger partial charge in [0.25, 0.3) is 0 Å². The van der Waals surface area contributed by atoms with Crippen LogP contribution in [0.4, 0.5) is 8.78 Å². The standard InChI is InChI=1S/C20H26F2O4/c1-19(2)9-25-18(26-10-19)20(3,4)11-24-17(23)15-8-13(15)14-7-12(21)5-6-16(14)22/h5-7,13,15,18H,8-11H2,1-4H3/t13-,15-/m1/s1. The van der Waals surface area contributed by atoms with Crippen LogP contribution in [0.5, 0.6) is 0 Å². The highest BCUT2D eigenvalue weighted by molar-refractivity contribution is 5.77. The van der Waals surface area contributed by atoms with E-state index in [-0.39, 0.29) is 29.5 Å². The number of carbonyl (C=O) groups is 1. The van der Waals surface area contributed by atoms with Crippen LogP contribution in [0.2, 0.25) is 0 Å². The summed E-state index contributed by atoms with van der Waals surface area (Å²) in [7, 11) is 0. The van der Waals surface area contributed by atoms with Crippen LogP contribution in [0, 0.1) is 28.4 Å². The van der Waals surface area contributed by atoms with Gasteiger partial charge in [0.2, 0.25) is 0 Å². The molecule has 2 aliphatic rings. The first kappa shape index (κ1) is 19.2. The summed E-state index contributed by atoms with van der Waals surface area (Å²) < 4.78 is 44.1. The van der Waals surface area contributed by atoms with Crippen molar-refractivity contribution in [3.8, 4) is 0 Å². The SMILES string of the molecule is CC1(C)COC(C(C)(C)COC(=O)[C@@H]2C[C@@H]2c2cc(F)ccc2F)OC1. The Morgan fingerprint density at radius 3 is 2.58 bits per heavy atom. The topological polar surface area (TPSA) is 44.8 Å². The van der Waals surface area contributed by atoms with Crippen LogP contribution in [-0.4, -0.2) is 32.1 Å². The highest BCUT2D eigenvalue weighted by Crippen LogP contribution is 2.49. The molecule has 2 fully saturated rings. The zero-order valence-electron chi connectivity index (χ0n) is 15.7. The largest absolute Gasteiger partial charge is 0.465 e. The molecule has 1 aliphatic carbocycles. The van der Waals surface area contributed by atoms with Crippen molar-refractivity contribution in [1.29, 1.82) is 0 Å². The molecule has 3 rings (SSSR count). The van der Waals surface area contributed by atoms with E-state index < -0.39 is 29.3 Å². The molecule has 4 nitrogen and oxygen atoms in total. The molecule has 2 atom stereocenters. The average Bonchev–Trinajstić information content (AvgIpc) is 3.35. The van der Waals surface area contributed by atoms with Crippen molar-refractivity contribution < 1.29 is 27.8 Å². The lowest BCUT2D eigenvalue weighted by Crippen LogP contribution is -2.46. The first-order valence-corrected chi connectivity index (χ1v) is 8.94. The van der Waals surface area contributed by atoms with E-state index in [9.17, 15) is 13.6 Å². The van der Waals surface area contributed by atoms with E-state index in [1.807, 2.05) is 13.8 Å². The number of hydrogen-bond donors (Lipinski definition) is 0. The van der Waals surface area contributed by atoms with Gasteiger partial charge in [0, 0.05) is 16.7 Å². The third-order valence-corrected chi connectivity index (χ3v) is 4.93. The minimum atomic E-state index is -0.504. The van der Waals surface area contributed by atoms with Crippen LogP contribution in [0.15, 0.2) is 18.2 Å². The Morgan fingerprint density at radius 1 is 1.27 bits per heavy atom. The van der Waals surface area contributed by atoms with E-state index in [1.165, 1.54) is 0 Å². The first-order valence-electron chi connectivity index (χ1n) is 8.94. The van der Waals surface area contributed by atoms with Gasteiger partial charge in [-0.05, 0) is 30.2 Å². The molecular formula is C20H26F2O4. The number of halogens is 2. The molecule has 6 heteroatoms. The zero-order chi connectivity index (χ0) is 19.1. The van der Waals surface area contributed by atoms with Crippen molar-refractivity contribution in [3.63, 3.8) is 0 Å². The molecule has 1 saturated heterocycles. The van der Waals surface area contributed by atoms with Gasteiger partial charge in [0.1, 0.15) is 18.2 Å². The summed E-state index contributed by atoms with van der Waals surface area (Å²) in [5.41, 5.74) is -0.285. The van der Waals surface area contributed by atoms with Crippen molar-refractivity contribution in [3.05, 3.63) is 35.4 Å². The minimum absolute atomic E-state index is 0.0283. The molecule has 26 heavy (non-hydrogen) atoms. The molecule has 0 amide bonds. The summed E-state index contributed by atoms with van der Waals surface area (Å²) >= 11 is 0. The summed E-state index contributed by atoms with van der Waals surface area (Å²) in [6.07, 6.45) is 0.0311. The predicted molar refractivity (Wildman–Crippen MR) is 91.4 cm³/mol. The molecule has 0 unspecified atom stereocenters. The molecule has 0 radical (unpaired) electrons. The Hall–Kier alpha value is -1.53. The fourth-order valence-electron chi connectivity index (χ4n) is 3.17. The van der Waals surface area contributed by atoms with Gasteiger partial charge in [-0.3, -0.25) is 4.79 Å². The van der Waals surface area contributed by atoms with Gasteiger partial charge < -0.3 is 14.2 Å². The van der Waals surface area contributed by atoms with Gasteiger partial charge in [-0.2, -0.15) is 0 Å². The smallest absolute Gasteiger partial charge is 0.309 e. The lowest BCUT2D eigenvalue weighted by Gasteiger charge is -2.41. The number of carbonyl (C=O) groups excluding carboxylic acids is 1. The van der Waals surface area contributed by atoms with E-state index >= 15 is 0 Å². The van der Waals surface area contributed by atoms with Crippen LogP contribution in [0.1, 0.15) is 45.6 Å². The summed E-state index contributed by atoms with van der Waals surface area (Å²) in [6, 6.07) is 3.32. The molecule has 144 valence electrons. The average molecular weight is 368 g/mol.